The molecule has 1 saturated carbocycles. The van der Waals surface area contributed by atoms with Gasteiger partial charge in [-0.05, 0) is 31.2 Å². The summed E-state index contributed by atoms with van der Waals surface area (Å²) in [5.41, 5.74) is 3.82. The van der Waals surface area contributed by atoms with Gasteiger partial charge in [0.25, 0.3) is 0 Å². The van der Waals surface area contributed by atoms with E-state index in [4.69, 9.17) is 6.42 Å². The van der Waals surface area contributed by atoms with Crippen molar-refractivity contribution in [3.05, 3.63) is 41.5 Å². The van der Waals surface area contributed by atoms with Gasteiger partial charge in [-0.25, -0.2) is 0 Å². The summed E-state index contributed by atoms with van der Waals surface area (Å²) in [5, 5.41) is 0. The van der Waals surface area contributed by atoms with E-state index in [-0.39, 0.29) is 0 Å². The average molecular weight is 196 g/mol. The summed E-state index contributed by atoms with van der Waals surface area (Å²) in [6, 6.07) is 10.4. The largest absolute Gasteiger partial charge is 0.115 e. The number of hydrogen-bond acceptors (Lipinski definition) is 0. The van der Waals surface area contributed by atoms with Gasteiger partial charge in [-0.1, -0.05) is 48.2 Å². The lowest BCUT2D eigenvalue weighted by Crippen LogP contribution is -1.97. The SMILES string of the molecule is C#CC(=C1CCCCC1)c1ccccc1. The summed E-state index contributed by atoms with van der Waals surface area (Å²) in [6.45, 7) is 0. The maximum Gasteiger partial charge on any atom is 0.0307 e. The lowest BCUT2D eigenvalue weighted by atomic mass is 9.88. The number of rotatable bonds is 1. The Morgan fingerprint density at radius 2 is 1.67 bits per heavy atom. The van der Waals surface area contributed by atoms with E-state index in [9.17, 15) is 0 Å². The highest BCUT2D eigenvalue weighted by atomic mass is 14.1. The summed E-state index contributed by atoms with van der Waals surface area (Å²) < 4.78 is 0. The van der Waals surface area contributed by atoms with Crippen LogP contribution in [0.3, 0.4) is 0 Å². The van der Waals surface area contributed by atoms with Crippen molar-refractivity contribution in [3.8, 4) is 12.3 Å². The van der Waals surface area contributed by atoms with Crippen LogP contribution in [-0.4, -0.2) is 0 Å². The van der Waals surface area contributed by atoms with Gasteiger partial charge in [0, 0.05) is 5.57 Å². The third-order valence-electron chi connectivity index (χ3n) is 3.02. The molecule has 2 rings (SSSR count). The third kappa shape index (κ3) is 2.30. The first-order valence-corrected chi connectivity index (χ1v) is 5.66. The minimum Gasteiger partial charge on any atom is -0.115 e. The molecular weight excluding hydrogens is 180 g/mol. The molecule has 1 aliphatic rings. The molecule has 0 N–H and O–H groups in total. The molecule has 0 spiro atoms. The first kappa shape index (κ1) is 10.1. The Hall–Kier alpha value is -1.48. The van der Waals surface area contributed by atoms with E-state index < -0.39 is 0 Å². The van der Waals surface area contributed by atoms with Crippen molar-refractivity contribution in [2.75, 3.05) is 0 Å². The lowest BCUT2D eigenvalue weighted by Gasteiger charge is -2.16. The van der Waals surface area contributed by atoms with E-state index in [0.29, 0.717) is 0 Å². The van der Waals surface area contributed by atoms with Crippen LogP contribution in [0.15, 0.2) is 35.9 Å². The highest BCUT2D eigenvalue weighted by Gasteiger charge is 2.10. The second kappa shape index (κ2) is 4.84. The molecule has 0 bridgehead atoms. The van der Waals surface area contributed by atoms with Crippen LogP contribution in [0.4, 0.5) is 0 Å². The number of benzene rings is 1. The van der Waals surface area contributed by atoms with E-state index in [0.717, 1.165) is 5.57 Å². The molecule has 0 unspecified atom stereocenters. The number of allylic oxidation sites excluding steroid dienone is 2. The lowest BCUT2D eigenvalue weighted by molar-refractivity contribution is 0.601. The molecule has 76 valence electrons. The zero-order chi connectivity index (χ0) is 10.5. The van der Waals surface area contributed by atoms with Gasteiger partial charge in [0.05, 0.1) is 0 Å². The maximum absolute atomic E-state index is 5.63. The molecule has 1 aromatic rings. The van der Waals surface area contributed by atoms with Gasteiger partial charge >= 0.3 is 0 Å². The Balaban J connectivity index is 2.35. The maximum atomic E-state index is 5.63. The molecule has 0 heteroatoms. The topological polar surface area (TPSA) is 0 Å². The third-order valence-corrected chi connectivity index (χ3v) is 3.02. The van der Waals surface area contributed by atoms with Crippen LogP contribution >= 0.6 is 0 Å². The molecule has 1 aromatic carbocycles. The molecule has 0 atom stereocenters. The molecule has 0 aliphatic heterocycles. The zero-order valence-electron chi connectivity index (χ0n) is 9.00. The predicted molar refractivity (Wildman–Crippen MR) is 65.3 cm³/mol. The highest BCUT2D eigenvalue weighted by molar-refractivity contribution is 5.80. The van der Waals surface area contributed by atoms with Gasteiger partial charge in [-0.15, -0.1) is 6.42 Å². The fraction of sp³-hybridized carbons (Fsp3) is 0.333. The smallest absolute Gasteiger partial charge is 0.0307 e. The van der Waals surface area contributed by atoms with Crippen LogP contribution in [0.5, 0.6) is 0 Å². The summed E-state index contributed by atoms with van der Waals surface area (Å²) in [4.78, 5) is 0. The van der Waals surface area contributed by atoms with Crippen molar-refractivity contribution in [2.24, 2.45) is 0 Å². The highest BCUT2D eigenvalue weighted by Crippen LogP contribution is 2.29. The van der Waals surface area contributed by atoms with Crippen molar-refractivity contribution in [3.63, 3.8) is 0 Å². The van der Waals surface area contributed by atoms with Gasteiger partial charge in [0.2, 0.25) is 0 Å². The molecule has 15 heavy (non-hydrogen) atoms. The summed E-state index contributed by atoms with van der Waals surface area (Å²) in [5.74, 6) is 2.87. The number of hydrogen-bond donors (Lipinski definition) is 0. The first-order chi connectivity index (χ1) is 7.42. The van der Waals surface area contributed by atoms with Gasteiger partial charge in [-0.3, -0.25) is 0 Å². The molecule has 0 aromatic heterocycles. The summed E-state index contributed by atoms with van der Waals surface area (Å²) in [6.07, 6.45) is 12.0. The van der Waals surface area contributed by atoms with Crippen LogP contribution in [-0.2, 0) is 0 Å². The standard InChI is InChI=1S/C15H16/c1-2-15(13-9-5-3-6-10-13)14-11-7-4-8-12-14/h1,3,5-6,9-10H,4,7-8,11-12H2. The van der Waals surface area contributed by atoms with Crippen LogP contribution in [0.2, 0.25) is 0 Å². The number of terminal acetylenes is 1. The molecular formula is C15H16. The predicted octanol–water partition coefficient (Wildman–Crippen LogP) is 4.04. The fourth-order valence-electron chi connectivity index (χ4n) is 2.22. The Bertz CT molecular complexity index is 382. The van der Waals surface area contributed by atoms with E-state index in [1.54, 1.807) is 0 Å². The Morgan fingerprint density at radius 3 is 2.27 bits per heavy atom. The van der Waals surface area contributed by atoms with Gasteiger partial charge in [0.1, 0.15) is 0 Å². The van der Waals surface area contributed by atoms with Crippen LogP contribution < -0.4 is 0 Å². The Kier molecular flexibility index (Phi) is 3.25. The van der Waals surface area contributed by atoms with E-state index in [1.165, 1.54) is 43.2 Å². The molecule has 0 nitrogen and oxygen atoms in total. The van der Waals surface area contributed by atoms with Gasteiger partial charge in [-0.2, -0.15) is 0 Å². The Labute approximate surface area is 92.0 Å². The van der Waals surface area contributed by atoms with Crippen molar-refractivity contribution in [1.82, 2.24) is 0 Å². The zero-order valence-corrected chi connectivity index (χ0v) is 9.00. The second-order valence-electron chi connectivity index (χ2n) is 4.05. The van der Waals surface area contributed by atoms with E-state index >= 15 is 0 Å². The minimum absolute atomic E-state index is 1.13. The molecule has 0 heterocycles. The van der Waals surface area contributed by atoms with Crippen molar-refractivity contribution in [2.45, 2.75) is 32.1 Å². The van der Waals surface area contributed by atoms with Crippen molar-refractivity contribution < 1.29 is 0 Å². The van der Waals surface area contributed by atoms with Crippen LogP contribution in [0, 0.1) is 12.3 Å². The van der Waals surface area contributed by atoms with Gasteiger partial charge < -0.3 is 0 Å². The molecule has 0 radical (unpaired) electrons. The van der Waals surface area contributed by atoms with Crippen molar-refractivity contribution in [1.29, 1.82) is 0 Å². The van der Waals surface area contributed by atoms with E-state index in [1.807, 2.05) is 6.07 Å². The molecule has 0 amide bonds. The quantitative estimate of drug-likeness (QED) is 0.595. The van der Waals surface area contributed by atoms with E-state index in [2.05, 4.69) is 30.2 Å². The monoisotopic (exact) mass is 196 g/mol. The average Bonchev–Trinajstić information content (AvgIpc) is 2.33. The first-order valence-electron chi connectivity index (χ1n) is 5.66. The molecule has 0 saturated heterocycles. The molecule has 1 aliphatic carbocycles. The van der Waals surface area contributed by atoms with Crippen LogP contribution in [0.25, 0.3) is 5.57 Å². The van der Waals surface area contributed by atoms with Crippen molar-refractivity contribution >= 4 is 5.57 Å². The normalized spacial score (nSPS) is 15.8. The Morgan fingerprint density at radius 1 is 1.00 bits per heavy atom. The van der Waals surface area contributed by atoms with Gasteiger partial charge in [0.15, 0.2) is 0 Å². The summed E-state index contributed by atoms with van der Waals surface area (Å²) >= 11 is 0. The van der Waals surface area contributed by atoms with Crippen LogP contribution in [0.1, 0.15) is 37.7 Å². The fourth-order valence-corrected chi connectivity index (χ4v) is 2.22. The second-order valence-corrected chi connectivity index (χ2v) is 4.05. The summed E-state index contributed by atoms with van der Waals surface area (Å²) in [7, 11) is 0. The minimum atomic E-state index is 1.13. The molecule has 1 fully saturated rings.